The molecule has 1 amide bonds. The summed E-state index contributed by atoms with van der Waals surface area (Å²) in [6.45, 7) is 2.49. The molecule has 0 bridgehead atoms. The Labute approximate surface area is 120 Å². The van der Waals surface area contributed by atoms with Gasteiger partial charge in [0, 0.05) is 5.69 Å². The number of amides is 1. The van der Waals surface area contributed by atoms with Gasteiger partial charge in [0.1, 0.15) is 0 Å². The third-order valence-corrected chi connectivity index (χ3v) is 3.61. The summed E-state index contributed by atoms with van der Waals surface area (Å²) in [7, 11) is 0. The second kappa shape index (κ2) is 7.66. The molecule has 1 aromatic rings. The molecule has 1 fully saturated rings. The number of hydrogen-bond acceptors (Lipinski definition) is 3. The molecular weight excluding hydrogens is 250 g/mol. The molecule has 0 aromatic heterocycles. The third-order valence-electron chi connectivity index (χ3n) is 3.61. The second-order valence-corrected chi connectivity index (χ2v) is 5.28. The SMILES string of the molecule is N#Cc1ccc(NC(=O)CN2CCCCCCC2)cc1. The zero-order valence-corrected chi connectivity index (χ0v) is 11.8. The molecule has 1 N–H and O–H groups in total. The number of benzene rings is 1. The van der Waals surface area contributed by atoms with E-state index >= 15 is 0 Å². The topological polar surface area (TPSA) is 56.1 Å². The highest BCUT2D eigenvalue weighted by molar-refractivity contribution is 5.92. The van der Waals surface area contributed by atoms with Crippen LogP contribution in [0.1, 0.15) is 37.7 Å². The molecule has 1 aliphatic rings. The maximum atomic E-state index is 12.0. The summed E-state index contributed by atoms with van der Waals surface area (Å²) < 4.78 is 0. The Bertz CT molecular complexity index is 467. The number of carbonyl (C=O) groups excluding carboxylic acids is 1. The summed E-state index contributed by atoms with van der Waals surface area (Å²) in [5, 5.41) is 11.6. The first kappa shape index (κ1) is 14.5. The molecule has 106 valence electrons. The van der Waals surface area contributed by atoms with Gasteiger partial charge in [-0.3, -0.25) is 9.69 Å². The smallest absolute Gasteiger partial charge is 0.238 e. The number of hydrogen-bond donors (Lipinski definition) is 1. The highest BCUT2D eigenvalue weighted by Gasteiger charge is 2.12. The summed E-state index contributed by atoms with van der Waals surface area (Å²) in [6, 6.07) is 9.03. The Morgan fingerprint density at radius 2 is 1.70 bits per heavy atom. The molecule has 4 nitrogen and oxygen atoms in total. The van der Waals surface area contributed by atoms with E-state index in [0.717, 1.165) is 18.8 Å². The van der Waals surface area contributed by atoms with Gasteiger partial charge in [0.15, 0.2) is 0 Å². The van der Waals surface area contributed by atoms with Gasteiger partial charge in [-0.05, 0) is 50.2 Å². The van der Waals surface area contributed by atoms with Crippen molar-refractivity contribution >= 4 is 11.6 Å². The molecule has 4 heteroatoms. The predicted octanol–water partition coefficient (Wildman–Crippen LogP) is 2.76. The van der Waals surface area contributed by atoms with Gasteiger partial charge in [0.05, 0.1) is 18.2 Å². The van der Waals surface area contributed by atoms with Crippen LogP contribution in [0.25, 0.3) is 0 Å². The molecule has 1 aliphatic heterocycles. The van der Waals surface area contributed by atoms with Crippen molar-refractivity contribution in [2.24, 2.45) is 0 Å². The fourth-order valence-electron chi connectivity index (χ4n) is 2.50. The van der Waals surface area contributed by atoms with Crippen molar-refractivity contribution in [2.45, 2.75) is 32.1 Å². The highest BCUT2D eigenvalue weighted by atomic mass is 16.2. The lowest BCUT2D eigenvalue weighted by Gasteiger charge is -2.23. The first-order valence-electron chi connectivity index (χ1n) is 7.30. The van der Waals surface area contributed by atoms with Crippen molar-refractivity contribution < 1.29 is 4.79 Å². The number of nitriles is 1. The minimum absolute atomic E-state index is 0.0234. The molecule has 1 heterocycles. The Morgan fingerprint density at radius 1 is 1.10 bits per heavy atom. The average Bonchev–Trinajstić information content (AvgIpc) is 2.42. The van der Waals surface area contributed by atoms with Crippen LogP contribution in [0.2, 0.25) is 0 Å². The zero-order valence-electron chi connectivity index (χ0n) is 11.8. The molecule has 2 rings (SSSR count). The molecular formula is C16H21N3O. The Balaban J connectivity index is 1.82. The molecule has 0 spiro atoms. The predicted molar refractivity (Wildman–Crippen MR) is 79.3 cm³/mol. The summed E-state index contributed by atoms with van der Waals surface area (Å²) in [5.74, 6) is 0.0234. The van der Waals surface area contributed by atoms with E-state index in [1.807, 2.05) is 0 Å². The van der Waals surface area contributed by atoms with Gasteiger partial charge in [-0.2, -0.15) is 5.26 Å². The number of likely N-dealkylation sites (tertiary alicyclic amines) is 1. The van der Waals surface area contributed by atoms with Crippen LogP contribution in [0.5, 0.6) is 0 Å². The zero-order chi connectivity index (χ0) is 14.2. The van der Waals surface area contributed by atoms with E-state index in [0.29, 0.717) is 12.1 Å². The van der Waals surface area contributed by atoms with Crippen LogP contribution in [0.15, 0.2) is 24.3 Å². The molecule has 0 unspecified atom stereocenters. The Hall–Kier alpha value is -1.86. The van der Waals surface area contributed by atoms with E-state index in [-0.39, 0.29) is 5.91 Å². The highest BCUT2D eigenvalue weighted by Crippen LogP contribution is 2.11. The van der Waals surface area contributed by atoms with E-state index in [4.69, 9.17) is 5.26 Å². The van der Waals surface area contributed by atoms with Crippen molar-refractivity contribution in [1.82, 2.24) is 4.90 Å². The maximum absolute atomic E-state index is 12.0. The van der Waals surface area contributed by atoms with E-state index in [2.05, 4.69) is 16.3 Å². The molecule has 0 atom stereocenters. The first-order valence-corrected chi connectivity index (χ1v) is 7.30. The molecule has 20 heavy (non-hydrogen) atoms. The van der Waals surface area contributed by atoms with Gasteiger partial charge >= 0.3 is 0 Å². The van der Waals surface area contributed by atoms with Crippen molar-refractivity contribution in [3.63, 3.8) is 0 Å². The van der Waals surface area contributed by atoms with Crippen LogP contribution in [0.4, 0.5) is 5.69 Å². The van der Waals surface area contributed by atoms with E-state index in [1.54, 1.807) is 24.3 Å². The van der Waals surface area contributed by atoms with Crippen molar-refractivity contribution in [1.29, 1.82) is 5.26 Å². The minimum Gasteiger partial charge on any atom is -0.325 e. The summed E-state index contributed by atoms with van der Waals surface area (Å²) >= 11 is 0. The number of anilines is 1. The first-order chi connectivity index (χ1) is 9.78. The number of rotatable bonds is 3. The monoisotopic (exact) mass is 271 g/mol. The van der Waals surface area contributed by atoms with Crippen LogP contribution in [-0.4, -0.2) is 30.4 Å². The summed E-state index contributed by atoms with van der Waals surface area (Å²) in [4.78, 5) is 14.2. The molecule has 1 aromatic carbocycles. The second-order valence-electron chi connectivity index (χ2n) is 5.28. The Kier molecular flexibility index (Phi) is 5.57. The van der Waals surface area contributed by atoms with Crippen molar-refractivity contribution in [3.8, 4) is 6.07 Å². The minimum atomic E-state index is 0.0234. The van der Waals surface area contributed by atoms with E-state index in [9.17, 15) is 4.79 Å². The van der Waals surface area contributed by atoms with Crippen LogP contribution in [-0.2, 0) is 4.79 Å². The van der Waals surface area contributed by atoms with Gasteiger partial charge in [-0.25, -0.2) is 0 Å². The number of nitrogens with one attached hydrogen (secondary N) is 1. The fourth-order valence-corrected chi connectivity index (χ4v) is 2.50. The standard InChI is InChI=1S/C16H21N3O/c17-12-14-6-8-15(9-7-14)18-16(20)13-19-10-4-2-1-3-5-11-19/h6-9H,1-5,10-11,13H2,(H,18,20). The lowest BCUT2D eigenvalue weighted by Crippen LogP contribution is -2.35. The Morgan fingerprint density at radius 3 is 2.30 bits per heavy atom. The molecule has 0 aliphatic carbocycles. The lowest BCUT2D eigenvalue weighted by atomic mass is 10.1. The van der Waals surface area contributed by atoms with Crippen LogP contribution in [0.3, 0.4) is 0 Å². The average molecular weight is 271 g/mol. The normalized spacial score (nSPS) is 16.8. The van der Waals surface area contributed by atoms with Crippen LogP contribution >= 0.6 is 0 Å². The fraction of sp³-hybridized carbons (Fsp3) is 0.500. The van der Waals surface area contributed by atoms with Gasteiger partial charge in [-0.1, -0.05) is 19.3 Å². The lowest BCUT2D eigenvalue weighted by molar-refractivity contribution is -0.117. The van der Waals surface area contributed by atoms with Gasteiger partial charge in [0.25, 0.3) is 0 Å². The van der Waals surface area contributed by atoms with Gasteiger partial charge in [-0.15, -0.1) is 0 Å². The summed E-state index contributed by atoms with van der Waals surface area (Å²) in [6.07, 6.45) is 6.24. The largest absolute Gasteiger partial charge is 0.325 e. The molecule has 0 radical (unpaired) electrons. The summed E-state index contributed by atoms with van der Waals surface area (Å²) in [5.41, 5.74) is 1.35. The quantitative estimate of drug-likeness (QED) is 0.919. The molecule has 0 saturated carbocycles. The van der Waals surface area contributed by atoms with Crippen LogP contribution < -0.4 is 5.32 Å². The van der Waals surface area contributed by atoms with Crippen molar-refractivity contribution in [2.75, 3.05) is 25.0 Å². The number of carbonyl (C=O) groups is 1. The van der Waals surface area contributed by atoms with E-state index < -0.39 is 0 Å². The van der Waals surface area contributed by atoms with Gasteiger partial charge in [0.2, 0.25) is 5.91 Å². The van der Waals surface area contributed by atoms with E-state index in [1.165, 1.54) is 32.1 Å². The third kappa shape index (κ3) is 4.67. The molecule has 1 saturated heterocycles. The number of nitrogens with zero attached hydrogens (tertiary/aromatic N) is 2. The maximum Gasteiger partial charge on any atom is 0.238 e. The van der Waals surface area contributed by atoms with Gasteiger partial charge < -0.3 is 5.32 Å². The van der Waals surface area contributed by atoms with Crippen LogP contribution in [0, 0.1) is 11.3 Å². The van der Waals surface area contributed by atoms with Crippen molar-refractivity contribution in [3.05, 3.63) is 29.8 Å².